The first-order valence-corrected chi connectivity index (χ1v) is 11.7. The third-order valence-electron chi connectivity index (χ3n) is 4.88. The largest absolute Gasteiger partial charge is 0.446 e. The minimum Gasteiger partial charge on any atom is -0.446 e. The van der Waals surface area contributed by atoms with Gasteiger partial charge in [-0.2, -0.15) is 11.8 Å². The number of rotatable bonds is 11. The first kappa shape index (κ1) is 24.9. The van der Waals surface area contributed by atoms with Crippen LogP contribution >= 0.6 is 11.8 Å². The van der Waals surface area contributed by atoms with E-state index >= 15 is 0 Å². The van der Waals surface area contributed by atoms with Crippen LogP contribution in [0.1, 0.15) is 41.3 Å². The summed E-state index contributed by atoms with van der Waals surface area (Å²) in [4.78, 5) is 40.2. The molecule has 0 aliphatic carbocycles. The third-order valence-corrected chi connectivity index (χ3v) is 5.98. The summed E-state index contributed by atoms with van der Waals surface area (Å²) in [5.74, 6) is 0.160. The summed E-state index contributed by atoms with van der Waals surface area (Å²) in [6.07, 6.45) is 1.81. The van der Waals surface area contributed by atoms with Gasteiger partial charge in [-0.3, -0.25) is 19.7 Å². The van der Waals surface area contributed by atoms with E-state index in [0.29, 0.717) is 23.6 Å². The SMILES string of the molecule is CCC(N)c1nc(C(=O)NC(CSCc2ccccc2)C(=O)Nc2ccc([N+](=O)[O-])cc2)co1. The van der Waals surface area contributed by atoms with Crippen molar-refractivity contribution in [3.8, 4) is 0 Å². The van der Waals surface area contributed by atoms with Crippen molar-refractivity contribution < 1.29 is 18.9 Å². The molecule has 34 heavy (non-hydrogen) atoms. The normalized spacial score (nSPS) is 12.5. The van der Waals surface area contributed by atoms with E-state index in [-0.39, 0.29) is 17.3 Å². The Bertz CT molecular complexity index is 1120. The number of nitro groups is 1. The van der Waals surface area contributed by atoms with Crippen molar-refractivity contribution in [3.05, 3.63) is 88.1 Å². The number of hydrogen-bond donors (Lipinski definition) is 3. The monoisotopic (exact) mass is 483 g/mol. The smallest absolute Gasteiger partial charge is 0.273 e. The number of carbonyl (C=O) groups is 2. The van der Waals surface area contributed by atoms with Crippen LogP contribution in [0.2, 0.25) is 0 Å². The standard InChI is InChI=1S/C23H25N5O5S/c1-2-18(24)23-27-19(12-33-23)21(29)26-20(14-34-13-15-6-4-3-5-7-15)22(30)25-16-8-10-17(11-9-16)28(31)32/h3-12,18,20H,2,13-14,24H2,1H3,(H,25,30)(H,26,29). The molecule has 2 amide bonds. The number of nitrogens with zero attached hydrogens (tertiary/aromatic N) is 2. The van der Waals surface area contributed by atoms with Crippen molar-refractivity contribution in [1.82, 2.24) is 10.3 Å². The number of anilines is 1. The molecule has 4 N–H and O–H groups in total. The zero-order chi connectivity index (χ0) is 24.5. The quantitative estimate of drug-likeness (QED) is 0.276. The lowest BCUT2D eigenvalue weighted by atomic mass is 10.2. The number of carbonyl (C=O) groups excluding carboxylic acids is 2. The molecule has 1 aromatic heterocycles. The van der Waals surface area contributed by atoms with E-state index in [1.54, 1.807) is 0 Å². The van der Waals surface area contributed by atoms with Gasteiger partial charge in [-0.05, 0) is 24.1 Å². The zero-order valence-electron chi connectivity index (χ0n) is 18.5. The molecular weight excluding hydrogens is 458 g/mol. The molecule has 1 heterocycles. The number of non-ortho nitro benzene ring substituents is 1. The number of nitro benzene ring substituents is 1. The number of nitrogens with two attached hydrogens (primary N) is 1. The van der Waals surface area contributed by atoms with Gasteiger partial charge < -0.3 is 20.8 Å². The number of aromatic nitrogens is 1. The maximum Gasteiger partial charge on any atom is 0.273 e. The van der Waals surface area contributed by atoms with Crippen LogP contribution in [0.15, 0.2) is 65.3 Å². The molecule has 178 valence electrons. The molecule has 0 radical (unpaired) electrons. The van der Waals surface area contributed by atoms with Crippen LogP contribution < -0.4 is 16.4 Å². The van der Waals surface area contributed by atoms with Crippen LogP contribution in [-0.2, 0) is 10.5 Å². The maximum absolute atomic E-state index is 13.0. The van der Waals surface area contributed by atoms with Crippen LogP contribution in [0, 0.1) is 10.1 Å². The second-order valence-corrected chi connectivity index (χ2v) is 8.44. The van der Waals surface area contributed by atoms with Crippen molar-refractivity contribution >= 4 is 35.0 Å². The first-order valence-electron chi connectivity index (χ1n) is 10.6. The molecule has 0 spiro atoms. The van der Waals surface area contributed by atoms with Gasteiger partial charge >= 0.3 is 0 Å². The maximum atomic E-state index is 13.0. The van der Waals surface area contributed by atoms with Gasteiger partial charge in [0.1, 0.15) is 12.3 Å². The number of thioether (sulfide) groups is 1. The molecule has 0 aliphatic heterocycles. The van der Waals surface area contributed by atoms with Gasteiger partial charge in [0.25, 0.3) is 11.6 Å². The highest BCUT2D eigenvalue weighted by atomic mass is 32.2. The first-order chi connectivity index (χ1) is 16.4. The Hall–Kier alpha value is -3.70. The third kappa shape index (κ3) is 6.90. The van der Waals surface area contributed by atoms with E-state index in [2.05, 4.69) is 15.6 Å². The summed E-state index contributed by atoms with van der Waals surface area (Å²) < 4.78 is 5.29. The molecule has 0 saturated carbocycles. The lowest BCUT2D eigenvalue weighted by Gasteiger charge is -2.18. The predicted molar refractivity (Wildman–Crippen MR) is 129 cm³/mol. The Morgan fingerprint density at radius 1 is 1.18 bits per heavy atom. The number of amides is 2. The molecule has 0 fully saturated rings. The van der Waals surface area contributed by atoms with E-state index in [1.807, 2.05) is 37.3 Å². The Morgan fingerprint density at radius 2 is 1.88 bits per heavy atom. The fourth-order valence-corrected chi connectivity index (χ4v) is 3.93. The molecule has 10 nitrogen and oxygen atoms in total. The van der Waals surface area contributed by atoms with Gasteiger partial charge in [0.2, 0.25) is 11.8 Å². The minimum atomic E-state index is -0.892. The number of nitrogens with one attached hydrogen (secondary N) is 2. The summed E-state index contributed by atoms with van der Waals surface area (Å²) in [6.45, 7) is 1.87. The van der Waals surface area contributed by atoms with Gasteiger partial charge in [-0.15, -0.1) is 0 Å². The summed E-state index contributed by atoms with van der Waals surface area (Å²) in [6, 6.07) is 13.9. The van der Waals surface area contributed by atoms with Gasteiger partial charge in [0.05, 0.1) is 11.0 Å². The summed E-state index contributed by atoms with van der Waals surface area (Å²) in [5.41, 5.74) is 7.30. The molecule has 3 rings (SSSR count). The van der Waals surface area contributed by atoms with Crippen molar-refractivity contribution in [3.63, 3.8) is 0 Å². The molecule has 0 bridgehead atoms. The molecule has 2 unspecified atom stereocenters. The predicted octanol–water partition coefficient (Wildman–Crippen LogP) is 3.66. The lowest BCUT2D eigenvalue weighted by Crippen LogP contribution is -2.45. The highest BCUT2D eigenvalue weighted by molar-refractivity contribution is 7.98. The molecule has 2 atom stereocenters. The average Bonchev–Trinajstić information content (AvgIpc) is 3.34. The van der Waals surface area contributed by atoms with E-state index in [4.69, 9.17) is 10.2 Å². The Morgan fingerprint density at radius 3 is 2.53 bits per heavy atom. The Labute approximate surface area is 200 Å². The van der Waals surface area contributed by atoms with Crippen molar-refractivity contribution in [2.45, 2.75) is 31.2 Å². The van der Waals surface area contributed by atoms with Crippen LogP contribution in [0.3, 0.4) is 0 Å². The topological polar surface area (TPSA) is 153 Å². The molecule has 11 heteroatoms. The van der Waals surface area contributed by atoms with Crippen LogP contribution in [0.4, 0.5) is 11.4 Å². The zero-order valence-corrected chi connectivity index (χ0v) is 19.3. The van der Waals surface area contributed by atoms with Gasteiger partial charge in [0, 0.05) is 29.3 Å². The molecule has 2 aromatic carbocycles. The number of benzene rings is 2. The summed E-state index contributed by atoms with van der Waals surface area (Å²) in [5, 5.41) is 16.2. The van der Waals surface area contributed by atoms with Gasteiger partial charge in [-0.1, -0.05) is 37.3 Å². The van der Waals surface area contributed by atoms with E-state index in [9.17, 15) is 19.7 Å². The van der Waals surface area contributed by atoms with Crippen LogP contribution in [0.25, 0.3) is 0 Å². The van der Waals surface area contributed by atoms with Crippen LogP contribution in [0.5, 0.6) is 0 Å². The molecule has 0 saturated heterocycles. The summed E-state index contributed by atoms with van der Waals surface area (Å²) in [7, 11) is 0. The Balaban J connectivity index is 1.69. The van der Waals surface area contributed by atoms with Crippen molar-refractivity contribution in [2.24, 2.45) is 5.73 Å². The van der Waals surface area contributed by atoms with E-state index in [0.717, 1.165) is 5.56 Å². The lowest BCUT2D eigenvalue weighted by molar-refractivity contribution is -0.384. The van der Waals surface area contributed by atoms with Crippen molar-refractivity contribution in [2.75, 3.05) is 11.1 Å². The number of oxazole rings is 1. The highest BCUT2D eigenvalue weighted by Gasteiger charge is 2.24. The van der Waals surface area contributed by atoms with E-state index in [1.165, 1.54) is 42.3 Å². The van der Waals surface area contributed by atoms with E-state index < -0.39 is 28.8 Å². The minimum absolute atomic E-state index is 0.0279. The molecule has 0 aliphatic rings. The second kappa shape index (κ2) is 12.0. The van der Waals surface area contributed by atoms with Gasteiger partial charge in [0.15, 0.2) is 5.69 Å². The highest BCUT2D eigenvalue weighted by Crippen LogP contribution is 2.18. The average molecular weight is 484 g/mol. The fourth-order valence-electron chi connectivity index (χ4n) is 2.92. The molecular formula is C23H25N5O5S. The summed E-state index contributed by atoms with van der Waals surface area (Å²) >= 11 is 1.48. The van der Waals surface area contributed by atoms with Crippen LogP contribution in [-0.4, -0.2) is 33.5 Å². The van der Waals surface area contributed by atoms with Gasteiger partial charge in [-0.25, -0.2) is 4.98 Å². The fraction of sp³-hybridized carbons (Fsp3) is 0.261. The second-order valence-electron chi connectivity index (χ2n) is 7.41. The van der Waals surface area contributed by atoms with Crippen molar-refractivity contribution in [1.29, 1.82) is 0 Å². The number of hydrogen-bond acceptors (Lipinski definition) is 8. The molecule has 3 aromatic rings. The Kier molecular flexibility index (Phi) is 8.77.